The van der Waals surface area contributed by atoms with Crippen LogP contribution in [-0.4, -0.2) is 32.2 Å². The predicted molar refractivity (Wildman–Crippen MR) is 70.9 cm³/mol. The first-order chi connectivity index (χ1) is 8.24. The van der Waals surface area contributed by atoms with Crippen molar-refractivity contribution in [2.75, 3.05) is 20.2 Å². The molecule has 4 nitrogen and oxygen atoms in total. The largest absolute Gasteiger partial charge is 0.380 e. The first kappa shape index (κ1) is 16.4. The summed E-state index contributed by atoms with van der Waals surface area (Å²) >= 11 is 0. The molecule has 0 spiro atoms. The highest BCUT2D eigenvalue weighted by molar-refractivity contribution is 5.76. The highest BCUT2D eigenvalue weighted by Crippen LogP contribution is 2.04. The van der Waals surface area contributed by atoms with E-state index >= 15 is 0 Å². The van der Waals surface area contributed by atoms with Crippen LogP contribution in [0.25, 0.3) is 0 Å². The van der Waals surface area contributed by atoms with E-state index in [0.29, 0.717) is 13.0 Å². The minimum atomic E-state index is -0.153. The Bertz CT molecular complexity index is 182. The minimum absolute atomic E-state index is 0.0378. The average molecular weight is 244 g/mol. The van der Waals surface area contributed by atoms with Crippen molar-refractivity contribution in [1.29, 1.82) is 0 Å². The Morgan fingerprint density at radius 3 is 2.47 bits per heavy atom. The molecule has 0 heterocycles. The Balaban J connectivity index is 3.33. The van der Waals surface area contributed by atoms with Crippen molar-refractivity contribution in [3.63, 3.8) is 0 Å². The van der Waals surface area contributed by atoms with E-state index in [1.54, 1.807) is 7.11 Å². The minimum Gasteiger partial charge on any atom is -0.380 e. The second-order valence-electron chi connectivity index (χ2n) is 4.42. The van der Waals surface area contributed by atoms with Gasteiger partial charge < -0.3 is 15.8 Å². The van der Waals surface area contributed by atoms with E-state index in [2.05, 4.69) is 12.2 Å². The number of amides is 1. The Morgan fingerprint density at radius 2 is 1.88 bits per heavy atom. The summed E-state index contributed by atoms with van der Waals surface area (Å²) in [4.78, 5) is 11.5. The van der Waals surface area contributed by atoms with Crippen LogP contribution in [0.15, 0.2) is 0 Å². The quantitative estimate of drug-likeness (QED) is 0.545. The topological polar surface area (TPSA) is 64.4 Å². The number of nitrogens with two attached hydrogens (primary N) is 1. The lowest BCUT2D eigenvalue weighted by atomic mass is 10.1. The molecule has 0 aromatic heterocycles. The monoisotopic (exact) mass is 244 g/mol. The maximum atomic E-state index is 11.5. The molecule has 0 aliphatic heterocycles. The fraction of sp³-hybridized carbons (Fsp3) is 0.923. The molecule has 0 radical (unpaired) electrons. The van der Waals surface area contributed by atoms with E-state index in [-0.39, 0.29) is 12.0 Å². The molecule has 0 rings (SSSR count). The molecule has 0 fully saturated rings. The molecular weight excluding hydrogens is 216 g/mol. The molecular formula is C13H28N2O2. The van der Waals surface area contributed by atoms with Crippen molar-refractivity contribution in [3.8, 4) is 0 Å². The van der Waals surface area contributed by atoms with Gasteiger partial charge in [0, 0.05) is 20.2 Å². The van der Waals surface area contributed by atoms with Gasteiger partial charge in [-0.25, -0.2) is 0 Å². The summed E-state index contributed by atoms with van der Waals surface area (Å²) in [5.41, 5.74) is 5.45. The Hall–Kier alpha value is -0.610. The van der Waals surface area contributed by atoms with Gasteiger partial charge in [0.25, 0.3) is 0 Å². The molecule has 0 aromatic carbocycles. The van der Waals surface area contributed by atoms with E-state index in [9.17, 15) is 4.79 Å². The molecule has 3 N–H and O–H groups in total. The summed E-state index contributed by atoms with van der Waals surface area (Å²) < 4.78 is 5.06. The smallest absolute Gasteiger partial charge is 0.222 e. The lowest BCUT2D eigenvalue weighted by molar-refractivity contribution is -0.123. The molecule has 0 aliphatic carbocycles. The van der Waals surface area contributed by atoms with E-state index in [4.69, 9.17) is 10.5 Å². The molecule has 0 bridgehead atoms. The van der Waals surface area contributed by atoms with Crippen molar-refractivity contribution in [1.82, 2.24) is 5.32 Å². The second kappa shape index (κ2) is 11.9. The molecule has 0 saturated heterocycles. The van der Waals surface area contributed by atoms with Crippen molar-refractivity contribution in [3.05, 3.63) is 0 Å². The Kier molecular flexibility index (Phi) is 11.4. The molecule has 0 aromatic rings. The number of rotatable bonds is 11. The van der Waals surface area contributed by atoms with Crippen molar-refractivity contribution < 1.29 is 9.53 Å². The van der Waals surface area contributed by atoms with Crippen LogP contribution in [0, 0.1) is 0 Å². The van der Waals surface area contributed by atoms with Gasteiger partial charge in [-0.05, 0) is 6.42 Å². The van der Waals surface area contributed by atoms with Crippen molar-refractivity contribution in [2.45, 2.75) is 58.0 Å². The number of carbonyl (C=O) groups is 1. The van der Waals surface area contributed by atoms with Gasteiger partial charge in [-0.3, -0.25) is 4.79 Å². The average Bonchev–Trinajstić information content (AvgIpc) is 2.34. The number of hydrogen-bond donors (Lipinski definition) is 2. The summed E-state index contributed by atoms with van der Waals surface area (Å²) in [6.07, 6.45) is 7.65. The van der Waals surface area contributed by atoms with Crippen LogP contribution in [0.1, 0.15) is 51.9 Å². The highest BCUT2D eigenvalue weighted by Gasteiger charge is 2.10. The zero-order valence-corrected chi connectivity index (χ0v) is 11.3. The normalized spacial score (nSPS) is 12.4. The molecule has 17 heavy (non-hydrogen) atoms. The number of hydrogen-bond acceptors (Lipinski definition) is 3. The van der Waals surface area contributed by atoms with Gasteiger partial charge in [0.2, 0.25) is 5.91 Å². The molecule has 1 atom stereocenters. The third kappa shape index (κ3) is 10.3. The number of methoxy groups -OCH3 is 1. The lowest BCUT2D eigenvalue weighted by Gasteiger charge is -2.12. The summed E-state index contributed by atoms with van der Waals surface area (Å²) in [5, 5.41) is 2.90. The van der Waals surface area contributed by atoms with Gasteiger partial charge in [-0.15, -0.1) is 0 Å². The van der Waals surface area contributed by atoms with Crippen LogP contribution in [-0.2, 0) is 9.53 Å². The lowest BCUT2D eigenvalue weighted by Crippen LogP contribution is -2.32. The fourth-order valence-corrected chi connectivity index (χ4v) is 1.67. The van der Waals surface area contributed by atoms with Crippen LogP contribution >= 0.6 is 0 Å². The number of unbranched alkanes of at least 4 members (excludes halogenated alkanes) is 5. The van der Waals surface area contributed by atoms with E-state index in [0.717, 1.165) is 13.0 Å². The van der Waals surface area contributed by atoms with Crippen LogP contribution in [0.3, 0.4) is 0 Å². The van der Waals surface area contributed by atoms with Gasteiger partial charge in [0.15, 0.2) is 0 Å². The molecule has 1 unspecified atom stereocenters. The van der Waals surface area contributed by atoms with Gasteiger partial charge in [0.05, 0.1) is 12.5 Å². The highest BCUT2D eigenvalue weighted by atomic mass is 16.5. The van der Waals surface area contributed by atoms with Gasteiger partial charge in [-0.1, -0.05) is 39.0 Å². The zero-order chi connectivity index (χ0) is 12.9. The fourth-order valence-electron chi connectivity index (χ4n) is 1.67. The molecule has 102 valence electrons. The molecule has 0 aliphatic rings. The first-order valence-electron chi connectivity index (χ1n) is 6.74. The zero-order valence-electron chi connectivity index (χ0n) is 11.3. The Labute approximate surface area is 105 Å². The standard InChI is InChI=1S/C13H28N2O2/c1-3-4-5-6-7-8-9-15-13(16)10-12(11-14)17-2/h12H,3-11,14H2,1-2H3,(H,15,16). The van der Waals surface area contributed by atoms with Crippen LogP contribution in [0.2, 0.25) is 0 Å². The van der Waals surface area contributed by atoms with Crippen LogP contribution < -0.4 is 11.1 Å². The van der Waals surface area contributed by atoms with E-state index in [1.807, 2.05) is 0 Å². The molecule has 4 heteroatoms. The van der Waals surface area contributed by atoms with Crippen LogP contribution in [0.4, 0.5) is 0 Å². The number of ether oxygens (including phenoxy) is 1. The summed E-state index contributed by atoms with van der Waals surface area (Å²) in [5.74, 6) is 0.0378. The van der Waals surface area contributed by atoms with Crippen molar-refractivity contribution in [2.24, 2.45) is 5.73 Å². The SMILES string of the molecule is CCCCCCCCNC(=O)CC(CN)OC. The number of nitrogens with one attached hydrogen (secondary N) is 1. The van der Waals surface area contributed by atoms with Gasteiger partial charge >= 0.3 is 0 Å². The molecule has 1 amide bonds. The van der Waals surface area contributed by atoms with Crippen molar-refractivity contribution >= 4 is 5.91 Å². The maximum Gasteiger partial charge on any atom is 0.222 e. The van der Waals surface area contributed by atoms with Gasteiger partial charge in [-0.2, -0.15) is 0 Å². The summed E-state index contributed by atoms with van der Waals surface area (Å²) in [7, 11) is 1.58. The van der Waals surface area contributed by atoms with E-state index in [1.165, 1.54) is 32.1 Å². The number of carbonyl (C=O) groups excluding carboxylic acids is 1. The third-order valence-corrected chi connectivity index (χ3v) is 2.86. The third-order valence-electron chi connectivity index (χ3n) is 2.86. The van der Waals surface area contributed by atoms with Gasteiger partial charge in [0.1, 0.15) is 0 Å². The van der Waals surface area contributed by atoms with E-state index < -0.39 is 0 Å². The predicted octanol–water partition coefficient (Wildman–Crippen LogP) is 1.83. The second-order valence-corrected chi connectivity index (χ2v) is 4.42. The van der Waals surface area contributed by atoms with Crippen LogP contribution in [0.5, 0.6) is 0 Å². The maximum absolute atomic E-state index is 11.5. The summed E-state index contributed by atoms with van der Waals surface area (Å²) in [6.45, 7) is 3.37. The molecule has 0 saturated carbocycles. The summed E-state index contributed by atoms with van der Waals surface area (Å²) in [6, 6.07) is 0. The first-order valence-corrected chi connectivity index (χ1v) is 6.74. The Morgan fingerprint density at radius 1 is 1.24 bits per heavy atom.